The Morgan fingerprint density at radius 2 is 1.71 bits per heavy atom. The number of carbonyl (C=O) groups excluding carboxylic acids is 2. The van der Waals surface area contributed by atoms with E-state index in [4.69, 9.17) is 26.9 Å². The van der Waals surface area contributed by atoms with Crippen LogP contribution in [0.4, 0.5) is 0 Å². The molecule has 0 fully saturated rings. The Balaban J connectivity index is 2.37. The van der Waals surface area contributed by atoms with Gasteiger partial charge in [-0.25, -0.2) is 0 Å². The minimum atomic E-state index is -0.510. The minimum Gasteiger partial charge on any atom is -0.455 e. The summed E-state index contributed by atoms with van der Waals surface area (Å²) in [7, 11) is 0. The van der Waals surface area contributed by atoms with E-state index in [0.29, 0.717) is 5.02 Å². The third-order valence-corrected chi connectivity index (χ3v) is 4.10. The molecule has 0 saturated carbocycles. The number of carbonyl (C=O) groups is 2. The monoisotopic (exact) mass is 365 g/mol. The molecule has 0 aromatic heterocycles. The highest BCUT2D eigenvalue weighted by atomic mass is 35.5. The summed E-state index contributed by atoms with van der Waals surface area (Å²) in [5.41, 5.74) is 0. The van der Waals surface area contributed by atoms with Crippen molar-refractivity contribution in [1.82, 2.24) is 4.90 Å². The van der Waals surface area contributed by atoms with Gasteiger partial charge in [0, 0.05) is 23.0 Å². The van der Waals surface area contributed by atoms with Crippen LogP contribution < -0.4 is 0 Å². The number of hydrogen-bond donors (Lipinski definition) is 0. The summed E-state index contributed by atoms with van der Waals surface area (Å²) in [6.07, 6.45) is 0.328. The second kappa shape index (κ2) is 11.3. The van der Waals surface area contributed by atoms with Crippen LogP contribution in [0.1, 0.15) is 12.8 Å². The average Bonchev–Trinajstić information content (AvgIpc) is 2.59. The van der Waals surface area contributed by atoms with Gasteiger partial charge in [0.15, 0.2) is 6.61 Å². The van der Waals surface area contributed by atoms with Crippen LogP contribution in [0.3, 0.4) is 0 Å². The minimum absolute atomic E-state index is 0.0747. The first-order chi connectivity index (χ1) is 11.6. The molecule has 8 heteroatoms. The maximum Gasteiger partial charge on any atom is 0.316 e. The maximum atomic E-state index is 12.0. The maximum absolute atomic E-state index is 12.0. The van der Waals surface area contributed by atoms with E-state index in [1.807, 2.05) is 12.1 Å². The van der Waals surface area contributed by atoms with Crippen molar-refractivity contribution in [2.75, 3.05) is 25.4 Å². The van der Waals surface area contributed by atoms with Crippen LogP contribution in [0.5, 0.6) is 0 Å². The van der Waals surface area contributed by atoms with Crippen LogP contribution in [0.2, 0.25) is 5.02 Å². The molecule has 24 heavy (non-hydrogen) atoms. The molecule has 0 aliphatic carbocycles. The van der Waals surface area contributed by atoms with E-state index < -0.39 is 18.5 Å². The van der Waals surface area contributed by atoms with Gasteiger partial charge >= 0.3 is 5.97 Å². The van der Waals surface area contributed by atoms with Gasteiger partial charge in [0.25, 0.3) is 5.91 Å². The summed E-state index contributed by atoms with van der Waals surface area (Å²) in [5.74, 6) is -0.847. The fourth-order valence-electron chi connectivity index (χ4n) is 1.68. The van der Waals surface area contributed by atoms with E-state index in [-0.39, 0.29) is 31.7 Å². The van der Waals surface area contributed by atoms with Crippen LogP contribution >= 0.6 is 23.4 Å². The lowest BCUT2D eigenvalue weighted by molar-refractivity contribution is -0.149. The van der Waals surface area contributed by atoms with Crippen molar-refractivity contribution in [3.05, 3.63) is 29.3 Å². The summed E-state index contributed by atoms with van der Waals surface area (Å²) in [4.78, 5) is 25.9. The molecule has 1 aromatic carbocycles. The Labute approximate surface area is 149 Å². The Kier molecular flexibility index (Phi) is 9.36. The largest absolute Gasteiger partial charge is 0.455 e. The van der Waals surface area contributed by atoms with E-state index in [2.05, 4.69) is 0 Å². The van der Waals surface area contributed by atoms with Crippen molar-refractivity contribution in [2.45, 2.75) is 17.7 Å². The molecule has 0 radical (unpaired) electrons. The zero-order valence-corrected chi connectivity index (χ0v) is 14.5. The van der Waals surface area contributed by atoms with Crippen LogP contribution in [0.15, 0.2) is 29.2 Å². The van der Waals surface area contributed by atoms with E-state index in [1.54, 1.807) is 24.3 Å². The van der Waals surface area contributed by atoms with E-state index in [0.717, 1.165) is 4.90 Å². The predicted octanol–water partition coefficient (Wildman–Crippen LogP) is 2.63. The number of amides is 1. The predicted molar refractivity (Wildman–Crippen MR) is 90.2 cm³/mol. The molecule has 1 rings (SSSR count). The van der Waals surface area contributed by atoms with Gasteiger partial charge in [-0.2, -0.15) is 10.5 Å². The summed E-state index contributed by atoms with van der Waals surface area (Å²) < 4.78 is 4.95. The fourth-order valence-corrected chi connectivity index (χ4v) is 2.50. The highest BCUT2D eigenvalue weighted by Gasteiger charge is 2.15. The van der Waals surface area contributed by atoms with Crippen molar-refractivity contribution in [2.24, 2.45) is 0 Å². The number of nitriles is 2. The SMILES string of the molecule is N#CCCN(CCC#N)C(=O)COC(=O)CSc1ccc(Cl)cc1. The van der Waals surface area contributed by atoms with Gasteiger partial charge in [0.2, 0.25) is 0 Å². The van der Waals surface area contributed by atoms with Crippen molar-refractivity contribution in [3.8, 4) is 12.1 Å². The molecule has 0 aliphatic rings. The zero-order chi connectivity index (χ0) is 17.8. The topological polar surface area (TPSA) is 94.2 Å². The van der Waals surface area contributed by atoms with Gasteiger partial charge in [-0.3, -0.25) is 9.59 Å². The second-order valence-corrected chi connectivity index (χ2v) is 6.09. The van der Waals surface area contributed by atoms with Crippen LogP contribution in [0.25, 0.3) is 0 Å². The number of hydrogen-bond acceptors (Lipinski definition) is 6. The summed E-state index contributed by atoms with van der Waals surface area (Å²) in [6.45, 7) is 0.0407. The number of halogens is 1. The molecule has 0 aliphatic heterocycles. The number of benzene rings is 1. The Morgan fingerprint density at radius 1 is 1.12 bits per heavy atom. The van der Waals surface area contributed by atoms with E-state index in [1.165, 1.54) is 16.7 Å². The highest BCUT2D eigenvalue weighted by Crippen LogP contribution is 2.20. The number of thioether (sulfide) groups is 1. The smallest absolute Gasteiger partial charge is 0.316 e. The molecule has 1 amide bonds. The molecule has 0 N–H and O–H groups in total. The van der Waals surface area contributed by atoms with Gasteiger partial charge in [-0.05, 0) is 24.3 Å². The Morgan fingerprint density at radius 3 is 2.25 bits per heavy atom. The number of nitrogens with zero attached hydrogens (tertiary/aromatic N) is 3. The molecule has 0 saturated heterocycles. The number of ether oxygens (including phenoxy) is 1. The van der Waals surface area contributed by atoms with Gasteiger partial charge in [0.1, 0.15) is 0 Å². The molecular weight excluding hydrogens is 350 g/mol. The van der Waals surface area contributed by atoms with Crippen molar-refractivity contribution < 1.29 is 14.3 Å². The first kappa shape index (κ1) is 19.8. The molecule has 126 valence electrons. The molecule has 0 atom stereocenters. The molecule has 6 nitrogen and oxygen atoms in total. The van der Waals surface area contributed by atoms with Gasteiger partial charge in [0.05, 0.1) is 30.7 Å². The fraction of sp³-hybridized carbons (Fsp3) is 0.375. The summed E-state index contributed by atoms with van der Waals surface area (Å²) in [5, 5.41) is 17.8. The third-order valence-electron chi connectivity index (χ3n) is 2.87. The standard InChI is InChI=1S/C16H16ClN3O3S/c17-13-3-5-14(6-4-13)24-12-16(22)23-11-15(21)20(9-1-7-18)10-2-8-19/h3-6H,1-2,9-12H2. The quantitative estimate of drug-likeness (QED) is 0.493. The normalized spacial score (nSPS) is 9.62. The van der Waals surface area contributed by atoms with Crippen LogP contribution in [-0.4, -0.2) is 42.2 Å². The lowest BCUT2D eigenvalue weighted by atomic mass is 10.3. The number of rotatable bonds is 9. The van der Waals surface area contributed by atoms with Crippen LogP contribution in [-0.2, 0) is 14.3 Å². The molecular formula is C16H16ClN3O3S. The number of esters is 1. The van der Waals surface area contributed by atoms with Gasteiger partial charge in [-0.1, -0.05) is 11.6 Å². The molecule has 0 spiro atoms. The summed E-state index contributed by atoms with van der Waals surface area (Å²) in [6, 6.07) is 10.9. The van der Waals surface area contributed by atoms with Gasteiger partial charge < -0.3 is 9.64 Å². The van der Waals surface area contributed by atoms with Crippen molar-refractivity contribution >= 4 is 35.2 Å². The van der Waals surface area contributed by atoms with E-state index >= 15 is 0 Å². The highest BCUT2D eigenvalue weighted by molar-refractivity contribution is 8.00. The average molecular weight is 366 g/mol. The molecule has 0 bridgehead atoms. The van der Waals surface area contributed by atoms with Crippen molar-refractivity contribution in [1.29, 1.82) is 10.5 Å². The van der Waals surface area contributed by atoms with E-state index in [9.17, 15) is 9.59 Å². The lowest BCUT2D eigenvalue weighted by Crippen LogP contribution is -2.36. The molecule has 0 unspecified atom stereocenters. The zero-order valence-electron chi connectivity index (χ0n) is 12.9. The second-order valence-electron chi connectivity index (χ2n) is 4.60. The Hall–Kier alpha value is -2.22. The lowest BCUT2D eigenvalue weighted by Gasteiger charge is -2.20. The third kappa shape index (κ3) is 7.87. The Bertz CT molecular complexity index is 619. The van der Waals surface area contributed by atoms with Gasteiger partial charge in [-0.15, -0.1) is 11.8 Å². The molecule has 0 heterocycles. The van der Waals surface area contributed by atoms with Crippen LogP contribution in [0, 0.1) is 22.7 Å². The first-order valence-electron chi connectivity index (χ1n) is 7.12. The summed E-state index contributed by atoms with van der Waals surface area (Å²) >= 11 is 7.06. The van der Waals surface area contributed by atoms with Crippen molar-refractivity contribution in [3.63, 3.8) is 0 Å². The molecule has 1 aromatic rings. The first-order valence-corrected chi connectivity index (χ1v) is 8.49.